The van der Waals surface area contributed by atoms with E-state index < -0.39 is 15.6 Å². The minimum atomic E-state index is -3.69. The van der Waals surface area contributed by atoms with Crippen molar-refractivity contribution in [3.8, 4) is 0 Å². The van der Waals surface area contributed by atoms with Crippen molar-refractivity contribution in [3.05, 3.63) is 40.2 Å². The van der Waals surface area contributed by atoms with Gasteiger partial charge in [0.2, 0.25) is 15.6 Å². The van der Waals surface area contributed by atoms with E-state index in [0.717, 1.165) is 65.0 Å². The highest BCUT2D eigenvalue weighted by Crippen LogP contribution is 2.27. The van der Waals surface area contributed by atoms with Crippen LogP contribution in [0.4, 0.5) is 0 Å². The summed E-state index contributed by atoms with van der Waals surface area (Å²) in [5, 5.41) is 3.35. The van der Waals surface area contributed by atoms with Crippen molar-refractivity contribution >= 4 is 26.8 Å². The number of hydrogen-bond acceptors (Lipinski definition) is 6. The summed E-state index contributed by atoms with van der Waals surface area (Å²) in [6.07, 6.45) is 3.51. The summed E-state index contributed by atoms with van der Waals surface area (Å²) in [6, 6.07) is 5.79. The van der Waals surface area contributed by atoms with Crippen LogP contribution in [0.15, 0.2) is 34.0 Å². The minimum absolute atomic E-state index is 0.0623. The number of fused-ring (bicyclic) bond motifs is 1. The Hall–Kier alpha value is -2.27. The number of piperidine rings is 1. The van der Waals surface area contributed by atoms with Gasteiger partial charge in [0, 0.05) is 62.3 Å². The van der Waals surface area contributed by atoms with Crippen LogP contribution in [-0.4, -0.2) is 91.8 Å². The zero-order valence-corrected chi connectivity index (χ0v) is 21.6. The Balaban J connectivity index is 1.47. The molecule has 9 nitrogen and oxygen atoms in total. The van der Waals surface area contributed by atoms with Crippen LogP contribution in [-0.2, 0) is 10.0 Å². The van der Waals surface area contributed by atoms with E-state index in [4.69, 9.17) is 0 Å². The third-order valence-corrected chi connectivity index (χ3v) is 9.27. The van der Waals surface area contributed by atoms with E-state index >= 15 is 0 Å². The van der Waals surface area contributed by atoms with Gasteiger partial charge in [-0.25, -0.2) is 8.42 Å². The SMILES string of the molecule is CCN1CCN(CCCNC(=O)c2cc(=O)[nH]c3ccc(S(=O)(=O)N4CCCCC4C)cc23)CC1. The first-order chi connectivity index (χ1) is 16.8. The van der Waals surface area contributed by atoms with Crippen LogP contribution in [0.2, 0.25) is 0 Å². The number of aromatic amines is 1. The Morgan fingerprint density at radius 2 is 1.83 bits per heavy atom. The minimum Gasteiger partial charge on any atom is -0.352 e. The molecule has 0 aliphatic carbocycles. The van der Waals surface area contributed by atoms with Gasteiger partial charge in [-0.05, 0) is 57.5 Å². The van der Waals surface area contributed by atoms with Crippen molar-refractivity contribution in [2.24, 2.45) is 0 Å². The van der Waals surface area contributed by atoms with Crippen LogP contribution in [0.5, 0.6) is 0 Å². The molecule has 2 aliphatic rings. The normalized spacial score (nSPS) is 20.8. The molecule has 1 aromatic carbocycles. The molecule has 192 valence electrons. The van der Waals surface area contributed by atoms with E-state index in [-0.39, 0.29) is 22.4 Å². The Morgan fingerprint density at radius 3 is 2.54 bits per heavy atom. The molecule has 0 bridgehead atoms. The van der Waals surface area contributed by atoms with Crippen molar-refractivity contribution in [2.75, 3.05) is 52.4 Å². The predicted molar refractivity (Wildman–Crippen MR) is 137 cm³/mol. The lowest BCUT2D eigenvalue weighted by molar-refractivity contribution is 0.0949. The Labute approximate surface area is 207 Å². The molecule has 1 unspecified atom stereocenters. The van der Waals surface area contributed by atoms with Gasteiger partial charge in [0.1, 0.15) is 0 Å². The van der Waals surface area contributed by atoms with Crippen molar-refractivity contribution in [2.45, 2.75) is 50.5 Å². The topological polar surface area (TPSA) is 106 Å². The van der Waals surface area contributed by atoms with E-state index in [1.54, 1.807) is 10.4 Å². The van der Waals surface area contributed by atoms with Crippen molar-refractivity contribution in [1.82, 2.24) is 24.4 Å². The number of amides is 1. The third kappa shape index (κ3) is 5.94. The second-order valence-corrected chi connectivity index (χ2v) is 11.5. The molecule has 1 aromatic heterocycles. The number of nitrogens with one attached hydrogen (secondary N) is 2. The molecule has 3 heterocycles. The predicted octanol–water partition coefficient (Wildman–Crippen LogP) is 1.85. The molecule has 4 rings (SSSR count). The molecule has 10 heteroatoms. The third-order valence-electron chi connectivity index (χ3n) is 7.26. The highest BCUT2D eigenvalue weighted by Gasteiger charge is 2.31. The van der Waals surface area contributed by atoms with Crippen molar-refractivity contribution in [1.29, 1.82) is 0 Å². The number of benzene rings is 1. The quantitative estimate of drug-likeness (QED) is 0.533. The number of H-pyrrole nitrogens is 1. The lowest BCUT2D eigenvalue weighted by Crippen LogP contribution is -2.46. The van der Waals surface area contributed by atoms with E-state index in [1.165, 1.54) is 18.2 Å². The maximum Gasteiger partial charge on any atom is 0.252 e. The summed E-state index contributed by atoms with van der Waals surface area (Å²) in [5.74, 6) is -0.363. The fraction of sp³-hybridized carbons (Fsp3) is 0.600. The average Bonchev–Trinajstić information content (AvgIpc) is 2.86. The molecule has 0 saturated carbocycles. The molecular weight excluding hydrogens is 466 g/mol. The number of sulfonamides is 1. The fourth-order valence-electron chi connectivity index (χ4n) is 5.07. The van der Waals surface area contributed by atoms with Crippen molar-refractivity contribution < 1.29 is 13.2 Å². The zero-order chi connectivity index (χ0) is 25.0. The number of carbonyl (C=O) groups is 1. The summed E-state index contributed by atoms with van der Waals surface area (Å²) in [7, 11) is -3.69. The number of rotatable bonds is 8. The number of hydrogen-bond donors (Lipinski definition) is 2. The van der Waals surface area contributed by atoms with Crippen LogP contribution in [0.1, 0.15) is 49.9 Å². The van der Waals surface area contributed by atoms with Gasteiger partial charge in [-0.15, -0.1) is 0 Å². The first-order valence-corrected chi connectivity index (χ1v) is 14.2. The monoisotopic (exact) mass is 503 g/mol. The lowest BCUT2D eigenvalue weighted by atomic mass is 10.1. The molecule has 1 atom stereocenters. The van der Waals surface area contributed by atoms with Crippen LogP contribution < -0.4 is 10.9 Å². The number of piperazine rings is 1. The summed E-state index contributed by atoms with van der Waals surface area (Å²) < 4.78 is 28.2. The number of carbonyl (C=O) groups excluding carboxylic acids is 1. The summed E-state index contributed by atoms with van der Waals surface area (Å²) >= 11 is 0. The van der Waals surface area contributed by atoms with Gasteiger partial charge in [0.25, 0.3) is 5.91 Å². The van der Waals surface area contributed by atoms with Gasteiger partial charge in [-0.3, -0.25) is 9.59 Å². The number of pyridine rings is 1. The molecule has 35 heavy (non-hydrogen) atoms. The van der Waals surface area contributed by atoms with E-state index in [1.807, 2.05) is 6.92 Å². The molecule has 2 aliphatic heterocycles. The molecule has 2 fully saturated rings. The molecule has 2 aromatic rings. The van der Waals surface area contributed by atoms with E-state index in [2.05, 4.69) is 27.0 Å². The van der Waals surface area contributed by atoms with Gasteiger partial charge in [-0.1, -0.05) is 13.3 Å². The summed E-state index contributed by atoms with van der Waals surface area (Å²) in [5.41, 5.74) is 0.253. The largest absolute Gasteiger partial charge is 0.352 e. The van der Waals surface area contributed by atoms with E-state index in [9.17, 15) is 18.0 Å². The average molecular weight is 504 g/mol. The molecule has 2 N–H and O–H groups in total. The lowest BCUT2D eigenvalue weighted by Gasteiger charge is -2.33. The smallest absolute Gasteiger partial charge is 0.252 e. The number of nitrogens with zero attached hydrogens (tertiary/aromatic N) is 3. The highest BCUT2D eigenvalue weighted by molar-refractivity contribution is 7.89. The van der Waals surface area contributed by atoms with Gasteiger partial charge in [0.05, 0.1) is 10.5 Å². The van der Waals surface area contributed by atoms with Gasteiger partial charge in [-0.2, -0.15) is 4.31 Å². The maximum absolute atomic E-state index is 13.3. The molecular formula is C25H37N5O4S. The van der Waals surface area contributed by atoms with Crippen molar-refractivity contribution in [3.63, 3.8) is 0 Å². The Bertz CT molecular complexity index is 1200. The van der Waals surface area contributed by atoms with Crippen LogP contribution >= 0.6 is 0 Å². The van der Waals surface area contributed by atoms with Gasteiger partial charge < -0.3 is 20.1 Å². The second kappa shape index (κ2) is 11.2. The van der Waals surface area contributed by atoms with Crippen LogP contribution in [0.25, 0.3) is 10.9 Å². The highest BCUT2D eigenvalue weighted by atomic mass is 32.2. The first kappa shape index (κ1) is 25.8. The number of aromatic nitrogens is 1. The fourth-order valence-corrected chi connectivity index (χ4v) is 6.80. The zero-order valence-electron chi connectivity index (χ0n) is 20.8. The summed E-state index contributed by atoms with van der Waals surface area (Å²) in [4.78, 5) is 32.9. The maximum atomic E-state index is 13.3. The Morgan fingerprint density at radius 1 is 1.09 bits per heavy atom. The standard InChI is InChI=1S/C25H37N5O4S/c1-3-28-13-15-29(16-14-28)11-6-10-26-25(32)22-18-24(31)27-23-9-8-20(17-21(22)23)35(33,34)30-12-5-4-7-19(30)2/h8-9,17-19H,3-7,10-16H2,1-2H3,(H,26,32)(H,27,31). The molecule has 0 spiro atoms. The number of likely N-dealkylation sites (N-methyl/N-ethyl adjacent to an activating group) is 1. The second-order valence-electron chi connectivity index (χ2n) is 9.60. The Kier molecular flexibility index (Phi) is 8.26. The summed E-state index contributed by atoms with van der Waals surface area (Å²) in [6.45, 7) is 11.3. The van der Waals surface area contributed by atoms with Gasteiger partial charge >= 0.3 is 0 Å². The van der Waals surface area contributed by atoms with Gasteiger partial charge in [0.15, 0.2) is 0 Å². The first-order valence-electron chi connectivity index (χ1n) is 12.7. The molecule has 0 radical (unpaired) electrons. The molecule has 1 amide bonds. The van der Waals surface area contributed by atoms with Crippen LogP contribution in [0.3, 0.4) is 0 Å². The van der Waals surface area contributed by atoms with E-state index in [0.29, 0.717) is 24.0 Å². The van der Waals surface area contributed by atoms with Crippen LogP contribution in [0, 0.1) is 0 Å². The molecule has 2 saturated heterocycles.